The summed E-state index contributed by atoms with van der Waals surface area (Å²) in [5, 5.41) is 10.6. The summed E-state index contributed by atoms with van der Waals surface area (Å²) in [6.45, 7) is 3.73. The van der Waals surface area contributed by atoms with E-state index in [0.717, 1.165) is 16.7 Å². The van der Waals surface area contributed by atoms with Gasteiger partial charge in [-0.15, -0.1) is 0 Å². The van der Waals surface area contributed by atoms with Crippen LogP contribution in [0.1, 0.15) is 23.6 Å². The highest BCUT2D eigenvalue weighted by atomic mass is 79.9. The molecule has 1 unspecified atom stereocenters. The van der Waals surface area contributed by atoms with Gasteiger partial charge in [-0.05, 0) is 47.0 Å². The molecule has 19 heavy (non-hydrogen) atoms. The van der Waals surface area contributed by atoms with Crippen molar-refractivity contribution in [1.29, 1.82) is 0 Å². The first-order valence-corrected chi connectivity index (χ1v) is 6.92. The Balaban J connectivity index is 2.33. The van der Waals surface area contributed by atoms with E-state index in [-0.39, 0.29) is 5.82 Å². The molecule has 0 aromatic heterocycles. The van der Waals surface area contributed by atoms with Gasteiger partial charge in [-0.1, -0.05) is 42.0 Å². The Kier molecular flexibility index (Phi) is 4.07. The minimum Gasteiger partial charge on any atom is -0.385 e. The summed E-state index contributed by atoms with van der Waals surface area (Å²) in [6.07, 6.45) is 0.356. The molecule has 0 saturated heterocycles. The SMILES string of the molecule is Cc1cccc(C(C)(O)Cc2cccc(F)c2Br)c1. The quantitative estimate of drug-likeness (QED) is 0.890. The third-order valence-electron chi connectivity index (χ3n) is 3.21. The van der Waals surface area contributed by atoms with Gasteiger partial charge in [0.15, 0.2) is 0 Å². The summed E-state index contributed by atoms with van der Waals surface area (Å²) in [5.74, 6) is -0.308. The second kappa shape index (κ2) is 5.43. The van der Waals surface area contributed by atoms with E-state index in [1.165, 1.54) is 6.07 Å². The Morgan fingerprint density at radius 2 is 1.89 bits per heavy atom. The predicted octanol–water partition coefficient (Wildman–Crippen LogP) is 4.35. The van der Waals surface area contributed by atoms with Crippen molar-refractivity contribution in [3.63, 3.8) is 0 Å². The predicted molar refractivity (Wildman–Crippen MR) is 78.6 cm³/mol. The van der Waals surface area contributed by atoms with Gasteiger partial charge in [0.25, 0.3) is 0 Å². The lowest BCUT2D eigenvalue weighted by Gasteiger charge is -2.25. The molecule has 0 fully saturated rings. The molecule has 1 N–H and O–H groups in total. The van der Waals surface area contributed by atoms with E-state index < -0.39 is 5.60 Å². The molecule has 1 nitrogen and oxygen atoms in total. The Morgan fingerprint density at radius 1 is 1.21 bits per heavy atom. The number of benzene rings is 2. The van der Waals surface area contributed by atoms with Crippen LogP contribution in [0.15, 0.2) is 46.9 Å². The fraction of sp³-hybridized carbons (Fsp3) is 0.250. The van der Waals surface area contributed by atoms with Crippen LogP contribution in [-0.2, 0) is 12.0 Å². The molecule has 2 rings (SSSR count). The largest absolute Gasteiger partial charge is 0.385 e. The summed E-state index contributed by atoms with van der Waals surface area (Å²) < 4.78 is 13.9. The zero-order valence-electron chi connectivity index (χ0n) is 11.0. The third kappa shape index (κ3) is 3.23. The zero-order valence-corrected chi connectivity index (χ0v) is 12.5. The topological polar surface area (TPSA) is 20.2 Å². The van der Waals surface area contributed by atoms with Crippen LogP contribution >= 0.6 is 15.9 Å². The van der Waals surface area contributed by atoms with Gasteiger partial charge in [-0.25, -0.2) is 4.39 Å². The van der Waals surface area contributed by atoms with Crippen molar-refractivity contribution in [3.8, 4) is 0 Å². The van der Waals surface area contributed by atoms with Crippen LogP contribution in [0.5, 0.6) is 0 Å². The fourth-order valence-corrected chi connectivity index (χ4v) is 2.54. The first kappa shape index (κ1) is 14.2. The van der Waals surface area contributed by atoms with Crippen molar-refractivity contribution in [1.82, 2.24) is 0 Å². The van der Waals surface area contributed by atoms with Gasteiger partial charge in [0.05, 0.1) is 10.1 Å². The number of rotatable bonds is 3. The highest BCUT2D eigenvalue weighted by molar-refractivity contribution is 9.10. The van der Waals surface area contributed by atoms with Crippen LogP contribution < -0.4 is 0 Å². The standard InChI is InChI=1S/C16H16BrFO/c1-11-5-3-7-13(9-11)16(2,19)10-12-6-4-8-14(18)15(12)17/h3-9,19H,10H2,1-2H3. The van der Waals surface area contributed by atoms with Crippen molar-refractivity contribution in [3.05, 3.63) is 69.4 Å². The maximum absolute atomic E-state index is 13.5. The summed E-state index contributed by atoms with van der Waals surface area (Å²) in [4.78, 5) is 0. The molecule has 0 heterocycles. The lowest BCUT2D eigenvalue weighted by atomic mass is 9.88. The van der Waals surface area contributed by atoms with Gasteiger partial charge in [-0.3, -0.25) is 0 Å². The van der Waals surface area contributed by atoms with E-state index in [1.807, 2.05) is 37.3 Å². The van der Waals surface area contributed by atoms with E-state index in [4.69, 9.17) is 0 Å². The van der Waals surface area contributed by atoms with E-state index >= 15 is 0 Å². The average molecular weight is 323 g/mol. The molecule has 2 aromatic carbocycles. The van der Waals surface area contributed by atoms with Gasteiger partial charge in [-0.2, -0.15) is 0 Å². The molecule has 3 heteroatoms. The van der Waals surface area contributed by atoms with Crippen LogP contribution in [0.3, 0.4) is 0 Å². The first-order valence-electron chi connectivity index (χ1n) is 6.12. The number of aryl methyl sites for hydroxylation is 1. The molecule has 0 radical (unpaired) electrons. The van der Waals surface area contributed by atoms with Crippen LogP contribution in [-0.4, -0.2) is 5.11 Å². The number of hydrogen-bond donors (Lipinski definition) is 1. The summed E-state index contributed by atoms with van der Waals surface area (Å²) >= 11 is 3.23. The minimum atomic E-state index is -1.03. The number of halogens is 2. The molecule has 0 saturated carbocycles. The maximum atomic E-state index is 13.5. The van der Waals surface area contributed by atoms with Gasteiger partial charge in [0, 0.05) is 6.42 Å². The molecular weight excluding hydrogens is 307 g/mol. The second-order valence-electron chi connectivity index (χ2n) is 5.03. The molecule has 0 aliphatic heterocycles. The summed E-state index contributed by atoms with van der Waals surface area (Å²) in [6, 6.07) is 12.6. The van der Waals surface area contributed by atoms with Crippen molar-refractivity contribution in [2.24, 2.45) is 0 Å². The molecule has 0 aliphatic carbocycles. The molecule has 100 valence electrons. The van der Waals surface area contributed by atoms with Crippen LogP contribution in [0, 0.1) is 12.7 Å². The highest BCUT2D eigenvalue weighted by Gasteiger charge is 2.25. The van der Waals surface area contributed by atoms with E-state index in [0.29, 0.717) is 10.9 Å². The minimum absolute atomic E-state index is 0.308. The smallest absolute Gasteiger partial charge is 0.137 e. The van der Waals surface area contributed by atoms with E-state index in [1.54, 1.807) is 13.0 Å². The van der Waals surface area contributed by atoms with Gasteiger partial charge < -0.3 is 5.11 Å². The lowest BCUT2D eigenvalue weighted by molar-refractivity contribution is 0.0573. The van der Waals surface area contributed by atoms with Gasteiger partial charge in [0.2, 0.25) is 0 Å². The monoisotopic (exact) mass is 322 g/mol. The highest BCUT2D eigenvalue weighted by Crippen LogP contribution is 2.30. The van der Waals surface area contributed by atoms with Gasteiger partial charge >= 0.3 is 0 Å². The Hall–Kier alpha value is -1.19. The number of aliphatic hydroxyl groups is 1. The second-order valence-corrected chi connectivity index (χ2v) is 5.83. The van der Waals surface area contributed by atoms with E-state index in [9.17, 15) is 9.50 Å². The number of hydrogen-bond acceptors (Lipinski definition) is 1. The van der Waals surface area contributed by atoms with Crippen molar-refractivity contribution in [2.45, 2.75) is 25.9 Å². The van der Waals surface area contributed by atoms with Crippen molar-refractivity contribution < 1.29 is 9.50 Å². The molecule has 1 atom stereocenters. The Morgan fingerprint density at radius 3 is 2.58 bits per heavy atom. The Labute approximate surface area is 121 Å². The van der Waals surface area contributed by atoms with E-state index in [2.05, 4.69) is 15.9 Å². The molecular formula is C16H16BrFO. The average Bonchev–Trinajstić information content (AvgIpc) is 2.35. The molecule has 0 spiro atoms. The van der Waals surface area contributed by atoms with Gasteiger partial charge in [0.1, 0.15) is 5.82 Å². The maximum Gasteiger partial charge on any atom is 0.137 e. The molecule has 2 aromatic rings. The fourth-order valence-electron chi connectivity index (χ4n) is 2.14. The molecule has 0 amide bonds. The zero-order chi connectivity index (χ0) is 14.0. The van der Waals surface area contributed by atoms with Crippen LogP contribution in [0.2, 0.25) is 0 Å². The normalized spacial score (nSPS) is 14.2. The lowest BCUT2D eigenvalue weighted by Crippen LogP contribution is -2.24. The Bertz CT molecular complexity index is 593. The van der Waals surface area contributed by atoms with Crippen molar-refractivity contribution in [2.75, 3.05) is 0 Å². The summed E-state index contributed by atoms with van der Waals surface area (Å²) in [5.41, 5.74) is 1.66. The molecule has 0 bridgehead atoms. The van der Waals surface area contributed by atoms with Crippen LogP contribution in [0.25, 0.3) is 0 Å². The summed E-state index contributed by atoms with van der Waals surface area (Å²) in [7, 11) is 0. The van der Waals surface area contributed by atoms with Crippen LogP contribution in [0.4, 0.5) is 4.39 Å². The first-order chi connectivity index (χ1) is 8.90. The molecule has 0 aliphatic rings. The third-order valence-corrected chi connectivity index (χ3v) is 4.09. The van der Waals surface area contributed by atoms with Crippen molar-refractivity contribution >= 4 is 15.9 Å².